The number of carbonyl (C=O) groups is 1. The molecule has 0 aliphatic carbocycles. The third kappa shape index (κ3) is 3.19. The maximum Gasteiger partial charge on any atom is 0.410 e. The predicted molar refractivity (Wildman–Crippen MR) is 34.3 cm³/mol. The fraction of sp³-hybridized carbons (Fsp3) is 0.400. The Bertz CT molecular complexity index is 181. The lowest BCUT2D eigenvalue weighted by molar-refractivity contribution is -0.422. The summed E-state index contributed by atoms with van der Waals surface area (Å²) < 4.78 is 4.43. The summed E-state index contributed by atoms with van der Waals surface area (Å²) in [4.78, 5) is 19.0. The smallest absolute Gasteiger partial charge is 0.410 e. The molecule has 0 aromatic heterocycles. The number of carboxylic acid groups (broad SMARTS) is 1. The average molecular weight is 161 g/mol. The van der Waals surface area contributed by atoms with Gasteiger partial charge in [-0.2, -0.15) is 0 Å². The molecule has 62 valence electrons. The number of aliphatic carboxylic acids is 1. The molecule has 0 amide bonds. The number of ether oxygens (including phenoxy) is 1. The predicted octanol–water partition coefficient (Wildman–Crippen LogP) is 0.226. The number of hydrogen-bond acceptors (Lipinski definition) is 4. The summed E-state index contributed by atoms with van der Waals surface area (Å²) in [5.74, 6) is -1.61. The highest BCUT2D eigenvalue weighted by atomic mass is 16.6. The van der Waals surface area contributed by atoms with E-state index in [0.29, 0.717) is 6.26 Å². The number of nitro groups is 1. The molecule has 0 saturated heterocycles. The van der Waals surface area contributed by atoms with Crippen LogP contribution in [0.25, 0.3) is 0 Å². The van der Waals surface area contributed by atoms with Gasteiger partial charge >= 0.3 is 11.7 Å². The van der Waals surface area contributed by atoms with Gasteiger partial charge < -0.3 is 9.84 Å². The molecule has 0 spiro atoms. The van der Waals surface area contributed by atoms with E-state index in [-0.39, 0.29) is 6.61 Å². The average Bonchev–Trinajstić information content (AvgIpc) is 1.87. The van der Waals surface area contributed by atoms with Crippen molar-refractivity contribution in [1.82, 2.24) is 0 Å². The van der Waals surface area contributed by atoms with E-state index in [2.05, 4.69) is 4.74 Å². The van der Waals surface area contributed by atoms with E-state index in [9.17, 15) is 14.9 Å². The first-order valence-corrected chi connectivity index (χ1v) is 2.79. The van der Waals surface area contributed by atoms with E-state index in [4.69, 9.17) is 5.11 Å². The summed E-state index contributed by atoms with van der Waals surface area (Å²) in [7, 11) is 0. The molecule has 0 bridgehead atoms. The molecular formula is C5H7NO5. The monoisotopic (exact) mass is 161 g/mol. The van der Waals surface area contributed by atoms with Crippen molar-refractivity contribution in [3.8, 4) is 0 Å². The van der Waals surface area contributed by atoms with Gasteiger partial charge in [0.25, 0.3) is 0 Å². The van der Waals surface area contributed by atoms with Gasteiger partial charge in [0, 0.05) is 0 Å². The second-order valence-electron chi connectivity index (χ2n) is 1.52. The number of rotatable bonds is 4. The highest BCUT2D eigenvalue weighted by molar-refractivity contribution is 5.83. The minimum atomic E-state index is -1.61. The van der Waals surface area contributed by atoms with E-state index < -0.39 is 16.6 Å². The molecule has 0 atom stereocenters. The number of hydrogen-bond donors (Lipinski definition) is 1. The zero-order valence-corrected chi connectivity index (χ0v) is 5.81. The van der Waals surface area contributed by atoms with Gasteiger partial charge in [-0.3, -0.25) is 10.1 Å². The fourth-order valence-electron chi connectivity index (χ4n) is 0.334. The summed E-state index contributed by atoms with van der Waals surface area (Å²) in [5.41, 5.74) is -0.966. The van der Waals surface area contributed by atoms with Crippen molar-refractivity contribution in [2.75, 3.05) is 6.61 Å². The molecule has 0 aromatic carbocycles. The molecule has 0 unspecified atom stereocenters. The molecular weight excluding hydrogens is 154 g/mol. The third-order valence-corrected chi connectivity index (χ3v) is 0.777. The summed E-state index contributed by atoms with van der Waals surface area (Å²) >= 11 is 0. The van der Waals surface area contributed by atoms with Crippen LogP contribution in [0.2, 0.25) is 0 Å². The molecule has 0 radical (unpaired) electrons. The van der Waals surface area contributed by atoms with Crippen molar-refractivity contribution in [2.24, 2.45) is 0 Å². The molecule has 0 saturated carbocycles. The highest BCUT2D eigenvalue weighted by Gasteiger charge is 2.20. The van der Waals surface area contributed by atoms with Gasteiger partial charge in [0.2, 0.25) is 0 Å². The molecule has 11 heavy (non-hydrogen) atoms. The minimum absolute atomic E-state index is 0.199. The largest absolute Gasteiger partial charge is 0.494 e. The van der Waals surface area contributed by atoms with E-state index in [1.54, 1.807) is 6.92 Å². The van der Waals surface area contributed by atoms with Gasteiger partial charge in [-0.15, -0.1) is 0 Å². The number of nitrogens with zero attached hydrogens (tertiary/aromatic N) is 1. The van der Waals surface area contributed by atoms with Crippen LogP contribution in [0.3, 0.4) is 0 Å². The van der Waals surface area contributed by atoms with E-state index in [0.717, 1.165) is 0 Å². The first kappa shape index (κ1) is 9.41. The zero-order valence-electron chi connectivity index (χ0n) is 5.81. The Morgan fingerprint density at radius 1 is 1.82 bits per heavy atom. The lowest BCUT2D eigenvalue weighted by Crippen LogP contribution is -2.10. The highest BCUT2D eigenvalue weighted by Crippen LogP contribution is 1.95. The van der Waals surface area contributed by atoms with Crippen LogP contribution in [0, 0.1) is 10.1 Å². The lowest BCUT2D eigenvalue weighted by atomic mass is 10.5. The fourth-order valence-corrected chi connectivity index (χ4v) is 0.334. The second-order valence-corrected chi connectivity index (χ2v) is 1.52. The SMILES string of the molecule is CCO/C=C(\C(=O)O)[N+](=O)[O-]. The maximum atomic E-state index is 10.1. The van der Waals surface area contributed by atoms with Crippen molar-refractivity contribution < 1.29 is 19.6 Å². The van der Waals surface area contributed by atoms with Crippen LogP contribution in [0.4, 0.5) is 0 Å². The molecule has 0 heterocycles. The van der Waals surface area contributed by atoms with Gasteiger partial charge in [0.1, 0.15) is 0 Å². The maximum absolute atomic E-state index is 10.1. The minimum Gasteiger partial charge on any atom is -0.494 e. The van der Waals surface area contributed by atoms with Crippen LogP contribution in [-0.4, -0.2) is 22.6 Å². The molecule has 0 aromatic rings. The Kier molecular flexibility index (Phi) is 3.65. The van der Waals surface area contributed by atoms with Crippen molar-refractivity contribution in [2.45, 2.75) is 6.92 Å². The van der Waals surface area contributed by atoms with Crippen LogP contribution in [-0.2, 0) is 9.53 Å². The second kappa shape index (κ2) is 4.26. The lowest BCUT2D eigenvalue weighted by Gasteiger charge is -1.92. The van der Waals surface area contributed by atoms with Crippen molar-refractivity contribution in [3.05, 3.63) is 22.1 Å². The normalized spacial score (nSPS) is 10.8. The van der Waals surface area contributed by atoms with Gasteiger partial charge in [0.15, 0.2) is 6.26 Å². The first-order valence-electron chi connectivity index (χ1n) is 2.79. The Morgan fingerprint density at radius 2 is 2.36 bits per heavy atom. The Labute approximate surface area is 62.2 Å². The zero-order chi connectivity index (χ0) is 8.85. The molecule has 0 fully saturated rings. The van der Waals surface area contributed by atoms with Crippen molar-refractivity contribution >= 4 is 5.97 Å². The summed E-state index contributed by atoms with van der Waals surface area (Å²) in [6, 6.07) is 0. The number of carboxylic acids is 1. The standard InChI is InChI=1S/C5H7NO5/c1-2-11-3-4(5(7)8)6(9)10/h3H,2H2,1H3,(H,7,8)/b4-3+. The summed E-state index contributed by atoms with van der Waals surface area (Å²) in [5, 5.41) is 18.1. The Hall–Kier alpha value is -1.59. The van der Waals surface area contributed by atoms with Crippen LogP contribution in [0.15, 0.2) is 12.0 Å². The van der Waals surface area contributed by atoms with E-state index >= 15 is 0 Å². The van der Waals surface area contributed by atoms with Gasteiger partial charge in [0.05, 0.1) is 11.5 Å². The molecule has 1 N–H and O–H groups in total. The van der Waals surface area contributed by atoms with Crippen LogP contribution >= 0.6 is 0 Å². The Morgan fingerprint density at radius 3 is 2.64 bits per heavy atom. The van der Waals surface area contributed by atoms with Crippen LogP contribution < -0.4 is 0 Å². The van der Waals surface area contributed by atoms with E-state index in [1.807, 2.05) is 0 Å². The van der Waals surface area contributed by atoms with Gasteiger partial charge in [-0.1, -0.05) is 0 Å². The topological polar surface area (TPSA) is 89.7 Å². The molecule has 0 rings (SSSR count). The van der Waals surface area contributed by atoms with E-state index in [1.165, 1.54) is 0 Å². The molecule has 0 aliphatic rings. The third-order valence-electron chi connectivity index (χ3n) is 0.777. The Balaban J connectivity index is 4.33. The van der Waals surface area contributed by atoms with Crippen molar-refractivity contribution in [3.63, 3.8) is 0 Å². The van der Waals surface area contributed by atoms with Crippen LogP contribution in [0.1, 0.15) is 6.92 Å². The molecule has 6 heteroatoms. The van der Waals surface area contributed by atoms with Crippen LogP contribution in [0.5, 0.6) is 0 Å². The van der Waals surface area contributed by atoms with Gasteiger partial charge in [-0.25, -0.2) is 4.79 Å². The quantitative estimate of drug-likeness (QED) is 0.276. The summed E-state index contributed by atoms with van der Waals surface area (Å²) in [6.07, 6.45) is 0.613. The first-order chi connectivity index (χ1) is 5.09. The van der Waals surface area contributed by atoms with Gasteiger partial charge in [-0.05, 0) is 6.92 Å². The molecule has 0 aliphatic heterocycles. The van der Waals surface area contributed by atoms with Crippen molar-refractivity contribution in [1.29, 1.82) is 0 Å². The summed E-state index contributed by atoms with van der Waals surface area (Å²) in [6.45, 7) is 1.79. The molecule has 6 nitrogen and oxygen atoms in total.